The number of hydrogen-bond donors (Lipinski definition) is 2. The first-order chi connectivity index (χ1) is 12.2. The second kappa shape index (κ2) is 6.61. The molecular weight excluding hydrogens is 348 g/mol. The summed E-state index contributed by atoms with van der Waals surface area (Å²) in [5.41, 5.74) is 4.26. The summed E-state index contributed by atoms with van der Waals surface area (Å²) in [6.07, 6.45) is 0. The third kappa shape index (κ3) is 3.37. The highest BCUT2D eigenvalue weighted by Gasteiger charge is 2.27. The molecule has 2 N–H and O–H groups in total. The SMILES string of the molecule is CC(C)=C1C(=O)Nc2ccc(S(=O)(=O)Nc3ccc(C(C)C)cc3)cc21. The number of nitrogens with one attached hydrogen (secondary N) is 2. The third-order valence-corrected chi connectivity index (χ3v) is 5.75. The number of rotatable bonds is 4. The van der Waals surface area contributed by atoms with Crippen LogP contribution in [0, 0.1) is 0 Å². The Hall–Kier alpha value is -2.60. The van der Waals surface area contributed by atoms with E-state index in [-0.39, 0.29) is 10.8 Å². The van der Waals surface area contributed by atoms with E-state index >= 15 is 0 Å². The minimum absolute atomic E-state index is 0.124. The normalized spacial score (nSPS) is 13.6. The Bertz CT molecular complexity index is 1000. The molecule has 0 atom stereocenters. The van der Waals surface area contributed by atoms with Gasteiger partial charge in [-0.2, -0.15) is 0 Å². The van der Waals surface area contributed by atoms with Gasteiger partial charge < -0.3 is 5.32 Å². The summed E-state index contributed by atoms with van der Waals surface area (Å²) in [5, 5.41) is 2.76. The van der Waals surface area contributed by atoms with Crippen molar-refractivity contribution in [1.29, 1.82) is 0 Å². The van der Waals surface area contributed by atoms with Crippen LogP contribution in [0.4, 0.5) is 11.4 Å². The van der Waals surface area contributed by atoms with Gasteiger partial charge in [0.05, 0.1) is 4.90 Å². The summed E-state index contributed by atoms with van der Waals surface area (Å²) < 4.78 is 28.1. The third-order valence-electron chi connectivity index (χ3n) is 4.38. The number of sulfonamides is 1. The lowest BCUT2D eigenvalue weighted by atomic mass is 10.0. The maximum atomic E-state index is 12.7. The van der Waals surface area contributed by atoms with Gasteiger partial charge in [0.15, 0.2) is 0 Å². The van der Waals surface area contributed by atoms with Crippen molar-refractivity contribution in [2.24, 2.45) is 0 Å². The van der Waals surface area contributed by atoms with Gasteiger partial charge in [-0.15, -0.1) is 0 Å². The zero-order valence-corrected chi connectivity index (χ0v) is 16.1. The van der Waals surface area contributed by atoms with Crippen LogP contribution in [0.15, 0.2) is 52.9 Å². The number of allylic oxidation sites excluding steroid dienone is 1. The summed E-state index contributed by atoms with van der Waals surface area (Å²) in [7, 11) is -3.75. The van der Waals surface area contributed by atoms with Crippen molar-refractivity contribution in [3.8, 4) is 0 Å². The van der Waals surface area contributed by atoms with Crippen LogP contribution in [0.2, 0.25) is 0 Å². The molecule has 0 unspecified atom stereocenters. The van der Waals surface area contributed by atoms with E-state index in [1.165, 1.54) is 6.07 Å². The Morgan fingerprint density at radius 2 is 1.69 bits per heavy atom. The number of carbonyl (C=O) groups is 1. The molecule has 0 saturated carbocycles. The van der Waals surface area contributed by atoms with Gasteiger partial charge in [0.25, 0.3) is 15.9 Å². The minimum Gasteiger partial charge on any atom is -0.321 e. The molecule has 2 aromatic carbocycles. The number of amides is 1. The Labute approximate surface area is 154 Å². The van der Waals surface area contributed by atoms with Gasteiger partial charge in [-0.25, -0.2) is 8.42 Å². The fourth-order valence-electron chi connectivity index (χ4n) is 2.96. The standard InChI is InChI=1S/C20H22N2O3S/c1-12(2)14-5-7-15(8-6-14)22-26(24,25)16-9-10-18-17(11-16)19(13(3)4)20(23)21-18/h5-12,22H,1-4H3,(H,21,23). The summed E-state index contributed by atoms with van der Waals surface area (Å²) in [6, 6.07) is 12.0. The summed E-state index contributed by atoms with van der Waals surface area (Å²) in [4.78, 5) is 12.2. The van der Waals surface area contributed by atoms with Crippen LogP contribution in [-0.2, 0) is 14.8 Å². The molecule has 136 valence electrons. The molecule has 0 aromatic heterocycles. The molecule has 1 aliphatic rings. The zero-order chi connectivity index (χ0) is 19.1. The molecule has 3 rings (SSSR count). The Balaban J connectivity index is 1.94. The van der Waals surface area contributed by atoms with E-state index in [9.17, 15) is 13.2 Å². The number of carbonyl (C=O) groups excluding carboxylic acids is 1. The first kappa shape index (κ1) is 18.2. The Kier molecular flexibility index (Phi) is 4.63. The topological polar surface area (TPSA) is 75.3 Å². The maximum absolute atomic E-state index is 12.7. The average Bonchev–Trinajstić information content (AvgIpc) is 2.89. The monoisotopic (exact) mass is 370 g/mol. The van der Waals surface area contributed by atoms with Crippen molar-refractivity contribution >= 4 is 32.9 Å². The lowest BCUT2D eigenvalue weighted by Gasteiger charge is -2.11. The van der Waals surface area contributed by atoms with Crippen molar-refractivity contribution in [3.05, 3.63) is 59.2 Å². The molecule has 0 spiro atoms. The Morgan fingerprint density at radius 3 is 2.27 bits per heavy atom. The summed E-state index contributed by atoms with van der Waals surface area (Å²) in [5.74, 6) is 0.177. The molecule has 5 nitrogen and oxygen atoms in total. The van der Waals surface area contributed by atoms with E-state index in [1.54, 1.807) is 24.3 Å². The second-order valence-electron chi connectivity index (χ2n) is 6.92. The van der Waals surface area contributed by atoms with Crippen LogP contribution in [-0.4, -0.2) is 14.3 Å². The van der Waals surface area contributed by atoms with Gasteiger partial charge in [0.2, 0.25) is 0 Å². The highest BCUT2D eigenvalue weighted by molar-refractivity contribution is 7.92. The lowest BCUT2D eigenvalue weighted by Crippen LogP contribution is -2.13. The van der Waals surface area contributed by atoms with E-state index in [2.05, 4.69) is 23.9 Å². The molecule has 1 aliphatic heterocycles. The number of hydrogen-bond acceptors (Lipinski definition) is 3. The van der Waals surface area contributed by atoms with Gasteiger partial charge in [-0.3, -0.25) is 9.52 Å². The van der Waals surface area contributed by atoms with Gasteiger partial charge >= 0.3 is 0 Å². The average molecular weight is 370 g/mol. The lowest BCUT2D eigenvalue weighted by molar-refractivity contribution is -0.110. The van der Waals surface area contributed by atoms with E-state index < -0.39 is 10.0 Å². The molecule has 1 amide bonds. The first-order valence-electron chi connectivity index (χ1n) is 8.45. The van der Waals surface area contributed by atoms with Crippen LogP contribution >= 0.6 is 0 Å². The van der Waals surface area contributed by atoms with Gasteiger partial charge in [-0.05, 0) is 55.7 Å². The molecule has 6 heteroatoms. The van der Waals surface area contributed by atoms with Gasteiger partial charge in [0, 0.05) is 22.5 Å². The van der Waals surface area contributed by atoms with Crippen molar-refractivity contribution in [3.63, 3.8) is 0 Å². The molecule has 0 bridgehead atoms. The quantitative estimate of drug-likeness (QED) is 0.786. The number of fused-ring (bicyclic) bond motifs is 1. The van der Waals surface area contributed by atoms with Gasteiger partial charge in [-0.1, -0.05) is 31.6 Å². The zero-order valence-electron chi connectivity index (χ0n) is 15.3. The Morgan fingerprint density at radius 1 is 1.04 bits per heavy atom. The summed E-state index contributed by atoms with van der Waals surface area (Å²) >= 11 is 0. The van der Waals surface area contributed by atoms with Crippen LogP contribution in [0.5, 0.6) is 0 Å². The molecular formula is C20H22N2O3S. The largest absolute Gasteiger partial charge is 0.321 e. The van der Waals surface area contributed by atoms with E-state index in [0.29, 0.717) is 28.4 Å². The van der Waals surface area contributed by atoms with Crippen molar-refractivity contribution in [2.45, 2.75) is 38.5 Å². The molecule has 0 fully saturated rings. The highest BCUT2D eigenvalue weighted by Crippen LogP contribution is 2.35. The number of benzene rings is 2. The molecule has 0 aliphatic carbocycles. The van der Waals surface area contributed by atoms with Crippen LogP contribution in [0.25, 0.3) is 5.57 Å². The molecule has 0 saturated heterocycles. The van der Waals surface area contributed by atoms with Crippen molar-refractivity contribution < 1.29 is 13.2 Å². The molecule has 2 aromatic rings. The molecule has 1 heterocycles. The predicted octanol–water partition coefficient (Wildman–Crippen LogP) is 4.36. The predicted molar refractivity (Wildman–Crippen MR) is 105 cm³/mol. The van der Waals surface area contributed by atoms with Crippen LogP contribution < -0.4 is 10.0 Å². The number of anilines is 2. The smallest absolute Gasteiger partial charge is 0.261 e. The van der Waals surface area contributed by atoms with Crippen LogP contribution in [0.1, 0.15) is 44.7 Å². The summed E-state index contributed by atoms with van der Waals surface area (Å²) in [6.45, 7) is 7.83. The first-order valence-corrected chi connectivity index (χ1v) is 9.93. The second-order valence-corrected chi connectivity index (χ2v) is 8.60. The van der Waals surface area contributed by atoms with E-state index in [4.69, 9.17) is 0 Å². The van der Waals surface area contributed by atoms with Gasteiger partial charge in [0.1, 0.15) is 0 Å². The molecule has 0 radical (unpaired) electrons. The highest BCUT2D eigenvalue weighted by atomic mass is 32.2. The van der Waals surface area contributed by atoms with E-state index in [1.807, 2.05) is 26.0 Å². The molecule has 26 heavy (non-hydrogen) atoms. The minimum atomic E-state index is -3.75. The fourth-order valence-corrected chi connectivity index (χ4v) is 4.04. The van der Waals surface area contributed by atoms with Crippen LogP contribution in [0.3, 0.4) is 0 Å². The van der Waals surface area contributed by atoms with E-state index in [0.717, 1.165) is 11.1 Å². The maximum Gasteiger partial charge on any atom is 0.261 e. The van der Waals surface area contributed by atoms with Crippen molar-refractivity contribution in [1.82, 2.24) is 0 Å². The fraction of sp³-hybridized carbons (Fsp3) is 0.250. The van der Waals surface area contributed by atoms with Crippen molar-refractivity contribution in [2.75, 3.05) is 10.0 Å².